The molecule has 0 radical (unpaired) electrons. The van der Waals surface area contributed by atoms with Crippen molar-refractivity contribution in [1.29, 1.82) is 0 Å². The summed E-state index contributed by atoms with van der Waals surface area (Å²) in [5.74, 6) is 0. The lowest BCUT2D eigenvalue weighted by Gasteiger charge is -2.25. The number of hydrogen-bond donors (Lipinski definition) is 2. The number of nitrogens with zero attached hydrogens (tertiary/aromatic N) is 1. The summed E-state index contributed by atoms with van der Waals surface area (Å²) in [6.07, 6.45) is 0.0994. The van der Waals surface area contributed by atoms with Crippen LogP contribution in [0.5, 0.6) is 0 Å². The third-order valence-electron chi connectivity index (χ3n) is 3.74. The number of nitrogens with one attached hydrogen (secondary N) is 1. The molecule has 0 aliphatic carbocycles. The van der Waals surface area contributed by atoms with Gasteiger partial charge < -0.3 is 15.3 Å². The van der Waals surface area contributed by atoms with Crippen LogP contribution in [0, 0.1) is 0 Å². The van der Waals surface area contributed by atoms with Crippen LogP contribution in [0.15, 0.2) is 54.6 Å². The van der Waals surface area contributed by atoms with E-state index < -0.39 is 6.10 Å². The van der Waals surface area contributed by atoms with Gasteiger partial charge in [-0.15, -0.1) is 0 Å². The standard InChI is InChI=1S/C19H23ClN2O2/c1-14(23)13-22(2)19(24)21-18(16-6-4-3-5-7-16)12-15-8-10-17(20)11-9-15/h3-11,14,18,23H,12-13H2,1-2H3,(H,21,24). The van der Waals surface area contributed by atoms with Gasteiger partial charge in [-0.05, 0) is 36.6 Å². The second kappa shape index (κ2) is 8.71. The Kier molecular flexibility index (Phi) is 6.64. The average molecular weight is 347 g/mol. The summed E-state index contributed by atoms with van der Waals surface area (Å²) >= 11 is 5.94. The highest BCUT2D eigenvalue weighted by molar-refractivity contribution is 6.30. The van der Waals surface area contributed by atoms with Crippen molar-refractivity contribution in [3.8, 4) is 0 Å². The van der Waals surface area contributed by atoms with Gasteiger partial charge in [-0.3, -0.25) is 0 Å². The zero-order chi connectivity index (χ0) is 17.5. The molecule has 128 valence electrons. The summed E-state index contributed by atoms with van der Waals surface area (Å²) in [4.78, 5) is 13.9. The van der Waals surface area contributed by atoms with Crippen molar-refractivity contribution in [3.05, 3.63) is 70.7 Å². The SMILES string of the molecule is CC(O)CN(C)C(=O)NC(Cc1ccc(Cl)cc1)c1ccccc1. The van der Waals surface area contributed by atoms with E-state index in [0.29, 0.717) is 11.4 Å². The summed E-state index contributed by atoms with van der Waals surface area (Å²) in [6.45, 7) is 1.94. The van der Waals surface area contributed by atoms with E-state index in [1.807, 2.05) is 54.6 Å². The maximum absolute atomic E-state index is 12.4. The van der Waals surface area contributed by atoms with Crippen LogP contribution in [0.25, 0.3) is 0 Å². The van der Waals surface area contributed by atoms with Gasteiger partial charge in [0.1, 0.15) is 0 Å². The lowest BCUT2D eigenvalue weighted by molar-refractivity contribution is 0.142. The fourth-order valence-electron chi connectivity index (χ4n) is 2.53. The number of aliphatic hydroxyl groups is 1. The third-order valence-corrected chi connectivity index (χ3v) is 3.99. The molecule has 2 unspecified atom stereocenters. The van der Waals surface area contributed by atoms with Gasteiger partial charge in [-0.2, -0.15) is 0 Å². The van der Waals surface area contributed by atoms with Crippen LogP contribution in [0.3, 0.4) is 0 Å². The van der Waals surface area contributed by atoms with Crippen LogP contribution in [0.1, 0.15) is 24.1 Å². The van der Waals surface area contributed by atoms with E-state index in [2.05, 4.69) is 5.32 Å². The van der Waals surface area contributed by atoms with E-state index >= 15 is 0 Å². The van der Waals surface area contributed by atoms with Gasteiger partial charge in [0.2, 0.25) is 0 Å². The normalized spacial score (nSPS) is 13.2. The van der Waals surface area contributed by atoms with Crippen molar-refractivity contribution in [2.75, 3.05) is 13.6 Å². The second-order valence-corrected chi connectivity index (χ2v) is 6.41. The Hall–Kier alpha value is -2.04. The molecule has 0 spiro atoms. The summed E-state index contributed by atoms with van der Waals surface area (Å²) < 4.78 is 0. The quantitative estimate of drug-likeness (QED) is 0.839. The molecule has 2 rings (SSSR count). The molecule has 0 heterocycles. The molecule has 0 aliphatic rings. The van der Waals surface area contributed by atoms with E-state index in [4.69, 9.17) is 11.6 Å². The predicted octanol–water partition coefficient (Wildman–Crippen LogP) is 3.65. The summed E-state index contributed by atoms with van der Waals surface area (Å²) in [7, 11) is 1.67. The highest BCUT2D eigenvalue weighted by Crippen LogP contribution is 2.20. The molecule has 0 aliphatic heterocycles. The molecule has 2 aromatic rings. The van der Waals surface area contributed by atoms with Gasteiger partial charge in [-0.25, -0.2) is 4.79 Å². The Morgan fingerprint density at radius 3 is 2.38 bits per heavy atom. The topological polar surface area (TPSA) is 52.6 Å². The lowest BCUT2D eigenvalue weighted by Crippen LogP contribution is -2.42. The van der Waals surface area contributed by atoms with Crippen molar-refractivity contribution in [1.82, 2.24) is 10.2 Å². The first-order valence-electron chi connectivity index (χ1n) is 7.95. The summed E-state index contributed by atoms with van der Waals surface area (Å²) in [5.41, 5.74) is 2.12. The number of urea groups is 1. The summed E-state index contributed by atoms with van der Waals surface area (Å²) in [6, 6.07) is 17.1. The largest absolute Gasteiger partial charge is 0.392 e. The molecular weight excluding hydrogens is 324 g/mol. The van der Waals surface area contributed by atoms with Crippen LogP contribution in [-0.4, -0.2) is 35.7 Å². The van der Waals surface area contributed by atoms with Crippen molar-refractivity contribution in [2.45, 2.75) is 25.5 Å². The smallest absolute Gasteiger partial charge is 0.317 e. The Morgan fingerprint density at radius 1 is 1.17 bits per heavy atom. The maximum Gasteiger partial charge on any atom is 0.317 e. The monoisotopic (exact) mass is 346 g/mol. The van der Waals surface area contributed by atoms with Crippen molar-refractivity contribution in [2.24, 2.45) is 0 Å². The van der Waals surface area contributed by atoms with E-state index in [0.717, 1.165) is 11.1 Å². The number of aliphatic hydroxyl groups excluding tert-OH is 1. The number of likely N-dealkylation sites (N-methyl/N-ethyl adjacent to an activating group) is 1. The van der Waals surface area contributed by atoms with Gasteiger partial charge >= 0.3 is 6.03 Å². The minimum Gasteiger partial charge on any atom is -0.392 e. The fourth-order valence-corrected chi connectivity index (χ4v) is 2.66. The van der Waals surface area contributed by atoms with Crippen LogP contribution < -0.4 is 5.32 Å². The minimum atomic E-state index is -0.563. The van der Waals surface area contributed by atoms with Crippen molar-refractivity contribution >= 4 is 17.6 Å². The average Bonchev–Trinajstić information content (AvgIpc) is 2.56. The molecule has 2 aromatic carbocycles. The van der Waals surface area contributed by atoms with E-state index in [1.54, 1.807) is 14.0 Å². The van der Waals surface area contributed by atoms with E-state index in [9.17, 15) is 9.90 Å². The van der Waals surface area contributed by atoms with Crippen LogP contribution >= 0.6 is 11.6 Å². The molecule has 2 amide bonds. The Labute approximate surface area is 148 Å². The first-order chi connectivity index (χ1) is 11.5. The van der Waals surface area contributed by atoms with Gasteiger partial charge in [-0.1, -0.05) is 54.1 Å². The number of halogens is 1. The summed E-state index contributed by atoms with van der Waals surface area (Å²) in [5, 5.41) is 13.2. The van der Waals surface area contributed by atoms with E-state index in [-0.39, 0.29) is 18.6 Å². The maximum atomic E-state index is 12.4. The van der Waals surface area contributed by atoms with Crippen LogP contribution in [-0.2, 0) is 6.42 Å². The minimum absolute atomic E-state index is 0.156. The molecule has 0 bridgehead atoms. The van der Waals surface area contributed by atoms with Crippen LogP contribution in [0.2, 0.25) is 5.02 Å². The predicted molar refractivity (Wildman–Crippen MR) is 97.2 cm³/mol. The first-order valence-corrected chi connectivity index (χ1v) is 8.32. The molecule has 2 atom stereocenters. The van der Waals surface area contributed by atoms with E-state index in [1.165, 1.54) is 4.90 Å². The number of rotatable bonds is 6. The fraction of sp³-hybridized carbons (Fsp3) is 0.316. The highest BCUT2D eigenvalue weighted by atomic mass is 35.5. The van der Waals surface area contributed by atoms with Crippen LogP contribution in [0.4, 0.5) is 4.79 Å². The molecule has 24 heavy (non-hydrogen) atoms. The molecule has 0 saturated carbocycles. The molecule has 2 N–H and O–H groups in total. The van der Waals surface area contributed by atoms with Gasteiger partial charge in [0.05, 0.1) is 12.1 Å². The third kappa shape index (κ3) is 5.55. The molecule has 0 aromatic heterocycles. The lowest BCUT2D eigenvalue weighted by atomic mass is 9.99. The Morgan fingerprint density at radius 2 is 1.79 bits per heavy atom. The molecule has 4 nitrogen and oxygen atoms in total. The Bertz CT molecular complexity index is 644. The first kappa shape index (κ1) is 18.3. The zero-order valence-corrected chi connectivity index (χ0v) is 14.7. The molecule has 5 heteroatoms. The number of benzene rings is 2. The highest BCUT2D eigenvalue weighted by Gasteiger charge is 2.18. The second-order valence-electron chi connectivity index (χ2n) is 5.97. The Balaban J connectivity index is 2.14. The molecule has 0 fully saturated rings. The molecule has 0 saturated heterocycles. The number of amides is 2. The van der Waals surface area contributed by atoms with Gasteiger partial charge in [0, 0.05) is 18.6 Å². The van der Waals surface area contributed by atoms with Gasteiger partial charge in [0.25, 0.3) is 0 Å². The zero-order valence-electron chi connectivity index (χ0n) is 13.9. The van der Waals surface area contributed by atoms with Gasteiger partial charge in [0.15, 0.2) is 0 Å². The van der Waals surface area contributed by atoms with Crippen molar-refractivity contribution < 1.29 is 9.90 Å². The number of carbonyl (C=O) groups excluding carboxylic acids is 1. The molecular formula is C19H23ClN2O2. The number of carbonyl (C=O) groups is 1. The number of hydrogen-bond acceptors (Lipinski definition) is 2. The van der Waals surface area contributed by atoms with Crippen molar-refractivity contribution in [3.63, 3.8) is 0 Å².